The molecule has 0 aliphatic rings. The van der Waals surface area contributed by atoms with Gasteiger partial charge in [-0.3, -0.25) is 4.79 Å². The molecule has 0 fully saturated rings. The first-order valence-electron chi connectivity index (χ1n) is 6.41. The highest BCUT2D eigenvalue weighted by molar-refractivity contribution is 5.78. The lowest BCUT2D eigenvalue weighted by Gasteiger charge is -2.26. The average molecular weight is 248 g/mol. The molecule has 1 aromatic rings. The molecular weight excluding hydrogens is 224 g/mol. The largest absolute Gasteiger partial charge is 0.350 e. The van der Waals surface area contributed by atoms with Gasteiger partial charge in [0.25, 0.3) is 0 Å². The van der Waals surface area contributed by atoms with Crippen molar-refractivity contribution in [1.82, 2.24) is 5.32 Å². The summed E-state index contributed by atoms with van der Waals surface area (Å²) in [5.41, 5.74) is 9.04. The summed E-state index contributed by atoms with van der Waals surface area (Å²) in [6.45, 7) is 8.34. The Balaban J connectivity index is 2.63. The molecule has 0 aromatic heterocycles. The zero-order valence-electron chi connectivity index (χ0n) is 11.8. The Morgan fingerprint density at radius 3 is 2.61 bits per heavy atom. The standard InChI is InChI=1S/C15H24N2O/c1-11-5-6-12(2)13(9-11)7-8-15(3,4)17-14(18)10-16/h5-6,9H,7-8,10,16H2,1-4H3,(H,17,18). The summed E-state index contributed by atoms with van der Waals surface area (Å²) in [6, 6.07) is 6.49. The summed E-state index contributed by atoms with van der Waals surface area (Å²) in [7, 11) is 0. The van der Waals surface area contributed by atoms with Gasteiger partial charge >= 0.3 is 0 Å². The molecule has 0 aliphatic carbocycles. The SMILES string of the molecule is Cc1ccc(C)c(CCC(C)(C)NC(=O)CN)c1. The molecule has 3 heteroatoms. The third kappa shape index (κ3) is 4.49. The second kappa shape index (κ2) is 6.01. The summed E-state index contributed by atoms with van der Waals surface area (Å²) >= 11 is 0. The summed E-state index contributed by atoms with van der Waals surface area (Å²) in [6.07, 6.45) is 1.87. The van der Waals surface area contributed by atoms with E-state index in [0.29, 0.717) is 0 Å². The molecule has 1 amide bonds. The van der Waals surface area contributed by atoms with Gasteiger partial charge in [0.2, 0.25) is 5.91 Å². The average Bonchev–Trinajstić information content (AvgIpc) is 2.30. The maximum Gasteiger partial charge on any atom is 0.234 e. The fourth-order valence-electron chi connectivity index (χ4n) is 2.01. The molecule has 0 spiro atoms. The molecular formula is C15H24N2O. The highest BCUT2D eigenvalue weighted by atomic mass is 16.1. The van der Waals surface area contributed by atoms with Crippen molar-refractivity contribution in [2.45, 2.75) is 46.1 Å². The van der Waals surface area contributed by atoms with E-state index in [-0.39, 0.29) is 18.0 Å². The van der Waals surface area contributed by atoms with Crippen LogP contribution in [-0.4, -0.2) is 18.0 Å². The molecule has 0 atom stereocenters. The monoisotopic (exact) mass is 248 g/mol. The molecule has 0 unspecified atom stereocenters. The maximum atomic E-state index is 11.3. The van der Waals surface area contributed by atoms with E-state index in [4.69, 9.17) is 5.73 Å². The summed E-state index contributed by atoms with van der Waals surface area (Å²) in [5.74, 6) is -0.0963. The maximum absolute atomic E-state index is 11.3. The Bertz CT molecular complexity index is 425. The first-order chi connectivity index (χ1) is 8.34. The van der Waals surface area contributed by atoms with Crippen LogP contribution in [0.25, 0.3) is 0 Å². The van der Waals surface area contributed by atoms with Crippen molar-refractivity contribution in [2.24, 2.45) is 5.73 Å². The predicted molar refractivity (Wildman–Crippen MR) is 75.5 cm³/mol. The van der Waals surface area contributed by atoms with E-state index >= 15 is 0 Å². The molecule has 1 rings (SSSR count). The normalized spacial score (nSPS) is 11.4. The van der Waals surface area contributed by atoms with Crippen LogP contribution in [0.15, 0.2) is 18.2 Å². The minimum absolute atomic E-state index is 0.0485. The van der Waals surface area contributed by atoms with Crippen LogP contribution in [0.1, 0.15) is 37.0 Å². The Hall–Kier alpha value is -1.35. The minimum Gasteiger partial charge on any atom is -0.350 e. The number of benzene rings is 1. The van der Waals surface area contributed by atoms with Crippen LogP contribution in [0.5, 0.6) is 0 Å². The molecule has 0 bridgehead atoms. The van der Waals surface area contributed by atoms with Gasteiger partial charge in [-0.25, -0.2) is 0 Å². The molecule has 100 valence electrons. The Labute approximate surface area is 110 Å². The first kappa shape index (κ1) is 14.7. The lowest BCUT2D eigenvalue weighted by atomic mass is 9.92. The van der Waals surface area contributed by atoms with E-state index in [1.165, 1.54) is 16.7 Å². The molecule has 0 saturated heterocycles. The second-order valence-corrected chi connectivity index (χ2v) is 5.57. The zero-order valence-corrected chi connectivity index (χ0v) is 11.8. The number of hydrogen-bond donors (Lipinski definition) is 2. The van der Waals surface area contributed by atoms with Crippen LogP contribution in [0.4, 0.5) is 0 Å². The topological polar surface area (TPSA) is 55.1 Å². The Morgan fingerprint density at radius 2 is 2.00 bits per heavy atom. The third-order valence-corrected chi connectivity index (χ3v) is 3.19. The number of nitrogens with one attached hydrogen (secondary N) is 1. The Morgan fingerprint density at radius 1 is 1.33 bits per heavy atom. The van der Waals surface area contributed by atoms with E-state index in [0.717, 1.165) is 12.8 Å². The third-order valence-electron chi connectivity index (χ3n) is 3.19. The van der Waals surface area contributed by atoms with Crippen LogP contribution < -0.4 is 11.1 Å². The number of hydrogen-bond acceptors (Lipinski definition) is 2. The van der Waals surface area contributed by atoms with E-state index < -0.39 is 0 Å². The lowest BCUT2D eigenvalue weighted by molar-refractivity contribution is -0.121. The molecule has 0 aliphatic heterocycles. The van der Waals surface area contributed by atoms with E-state index in [9.17, 15) is 4.79 Å². The van der Waals surface area contributed by atoms with Crippen molar-refractivity contribution in [3.63, 3.8) is 0 Å². The van der Waals surface area contributed by atoms with Crippen molar-refractivity contribution < 1.29 is 4.79 Å². The Kier molecular flexibility index (Phi) is 4.91. The van der Waals surface area contributed by atoms with Crippen LogP contribution in [0.2, 0.25) is 0 Å². The van der Waals surface area contributed by atoms with Crippen molar-refractivity contribution in [2.75, 3.05) is 6.54 Å². The van der Waals surface area contributed by atoms with Crippen molar-refractivity contribution in [3.05, 3.63) is 34.9 Å². The van der Waals surface area contributed by atoms with E-state index in [1.54, 1.807) is 0 Å². The smallest absolute Gasteiger partial charge is 0.234 e. The molecule has 18 heavy (non-hydrogen) atoms. The highest BCUT2D eigenvalue weighted by Crippen LogP contribution is 2.17. The van der Waals surface area contributed by atoms with Gasteiger partial charge in [0, 0.05) is 5.54 Å². The van der Waals surface area contributed by atoms with Crippen LogP contribution in [-0.2, 0) is 11.2 Å². The number of carbonyl (C=O) groups excluding carboxylic acids is 1. The van der Waals surface area contributed by atoms with Gasteiger partial charge in [0.15, 0.2) is 0 Å². The number of aryl methyl sites for hydroxylation is 3. The predicted octanol–water partition coefficient (Wildman–Crippen LogP) is 2.09. The number of carbonyl (C=O) groups is 1. The van der Waals surface area contributed by atoms with E-state index in [1.807, 2.05) is 13.8 Å². The molecule has 1 aromatic carbocycles. The number of nitrogens with two attached hydrogens (primary N) is 1. The molecule has 0 radical (unpaired) electrons. The lowest BCUT2D eigenvalue weighted by Crippen LogP contribution is -2.46. The van der Waals surface area contributed by atoms with Gasteiger partial charge < -0.3 is 11.1 Å². The summed E-state index contributed by atoms with van der Waals surface area (Å²) in [4.78, 5) is 11.3. The van der Waals surface area contributed by atoms with Crippen molar-refractivity contribution in [3.8, 4) is 0 Å². The zero-order chi connectivity index (χ0) is 13.8. The fraction of sp³-hybridized carbons (Fsp3) is 0.533. The molecule has 0 heterocycles. The van der Waals surface area contributed by atoms with Crippen molar-refractivity contribution in [1.29, 1.82) is 0 Å². The minimum atomic E-state index is -0.216. The molecule has 0 saturated carbocycles. The highest BCUT2D eigenvalue weighted by Gasteiger charge is 2.19. The van der Waals surface area contributed by atoms with Gasteiger partial charge in [-0.15, -0.1) is 0 Å². The number of amides is 1. The quantitative estimate of drug-likeness (QED) is 0.838. The van der Waals surface area contributed by atoms with Crippen LogP contribution in [0, 0.1) is 13.8 Å². The van der Waals surface area contributed by atoms with Crippen LogP contribution in [0.3, 0.4) is 0 Å². The second-order valence-electron chi connectivity index (χ2n) is 5.57. The van der Waals surface area contributed by atoms with Gasteiger partial charge in [-0.05, 0) is 51.7 Å². The molecule has 3 nitrogen and oxygen atoms in total. The number of rotatable bonds is 5. The van der Waals surface area contributed by atoms with Gasteiger partial charge in [0.1, 0.15) is 0 Å². The fourth-order valence-corrected chi connectivity index (χ4v) is 2.01. The molecule has 3 N–H and O–H groups in total. The summed E-state index contributed by atoms with van der Waals surface area (Å²) in [5, 5.41) is 2.95. The summed E-state index contributed by atoms with van der Waals surface area (Å²) < 4.78 is 0. The van der Waals surface area contributed by atoms with Gasteiger partial charge in [-0.2, -0.15) is 0 Å². The van der Waals surface area contributed by atoms with Crippen LogP contribution >= 0.6 is 0 Å². The van der Waals surface area contributed by atoms with Gasteiger partial charge in [-0.1, -0.05) is 23.8 Å². The van der Waals surface area contributed by atoms with Gasteiger partial charge in [0.05, 0.1) is 6.54 Å². The van der Waals surface area contributed by atoms with E-state index in [2.05, 4.69) is 37.4 Å². The van der Waals surface area contributed by atoms with Crippen molar-refractivity contribution >= 4 is 5.91 Å². The first-order valence-corrected chi connectivity index (χ1v) is 6.41.